The highest BCUT2D eigenvalue weighted by atomic mass is 32.2. The van der Waals surface area contributed by atoms with Crippen LogP contribution in [0.15, 0.2) is 10.6 Å². The lowest BCUT2D eigenvalue weighted by molar-refractivity contribution is -0.0510. The van der Waals surface area contributed by atoms with Crippen LogP contribution in [-0.4, -0.2) is 23.6 Å². The SMILES string of the molecule is Cc1cc(N)no1.O=S(=O)(O)C(F)(F)F. The van der Waals surface area contributed by atoms with Crippen LogP contribution in [0, 0.1) is 6.92 Å². The lowest BCUT2D eigenvalue weighted by atomic mass is 10.5. The van der Waals surface area contributed by atoms with Gasteiger partial charge in [-0.3, -0.25) is 4.55 Å². The molecule has 0 aromatic carbocycles. The number of nitrogen functional groups attached to an aromatic ring is 1. The monoisotopic (exact) mass is 248 g/mol. The van der Waals surface area contributed by atoms with Gasteiger partial charge in [-0.05, 0) is 6.92 Å². The van der Waals surface area contributed by atoms with E-state index in [0.29, 0.717) is 5.82 Å². The largest absolute Gasteiger partial charge is 0.522 e. The smallest absolute Gasteiger partial charge is 0.381 e. The predicted molar refractivity (Wildman–Crippen MR) is 43.3 cm³/mol. The molecule has 0 radical (unpaired) electrons. The van der Waals surface area contributed by atoms with Gasteiger partial charge in [0.2, 0.25) is 0 Å². The van der Waals surface area contributed by atoms with E-state index in [2.05, 4.69) is 9.68 Å². The Balaban J connectivity index is 0.000000262. The lowest BCUT2D eigenvalue weighted by Crippen LogP contribution is -2.21. The fourth-order valence-corrected chi connectivity index (χ4v) is 0.386. The standard InChI is InChI=1S/C4H6N2O.CHF3O3S/c1-3-2-4(5)6-7-3;2-1(3,4)8(5,6)7/h2H,1H3,(H2,5,6);(H,5,6,7). The molecule has 1 aromatic rings. The second kappa shape index (κ2) is 4.49. The van der Waals surface area contributed by atoms with Crippen molar-refractivity contribution in [2.24, 2.45) is 0 Å². The average Bonchev–Trinajstić information content (AvgIpc) is 2.31. The van der Waals surface area contributed by atoms with E-state index in [9.17, 15) is 13.2 Å². The third kappa shape index (κ3) is 5.22. The lowest BCUT2D eigenvalue weighted by Gasteiger charge is -1.97. The molecule has 10 heteroatoms. The van der Waals surface area contributed by atoms with Crippen LogP contribution in [0.25, 0.3) is 0 Å². The molecule has 1 heterocycles. The Kier molecular flexibility index (Phi) is 4.10. The first kappa shape index (κ1) is 13.7. The minimum atomic E-state index is -5.84. The summed E-state index contributed by atoms with van der Waals surface area (Å²) in [6.07, 6.45) is 0. The quantitative estimate of drug-likeness (QED) is 0.523. The van der Waals surface area contributed by atoms with Gasteiger partial charge in [-0.25, -0.2) is 0 Å². The van der Waals surface area contributed by atoms with E-state index in [0.717, 1.165) is 5.76 Å². The summed E-state index contributed by atoms with van der Waals surface area (Å²) in [5, 5.41) is 3.42. The van der Waals surface area contributed by atoms with Gasteiger partial charge in [-0.1, -0.05) is 5.16 Å². The van der Waals surface area contributed by atoms with E-state index in [1.54, 1.807) is 13.0 Å². The molecule has 3 N–H and O–H groups in total. The predicted octanol–water partition coefficient (Wildman–Crippen LogP) is 0.959. The maximum atomic E-state index is 10.7. The van der Waals surface area contributed by atoms with Crippen molar-refractivity contribution in [2.75, 3.05) is 5.73 Å². The van der Waals surface area contributed by atoms with E-state index >= 15 is 0 Å². The Morgan fingerprint density at radius 2 is 1.93 bits per heavy atom. The molecule has 0 saturated carbocycles. The van der Waals surface area contributed by atoms with Crippen molar-refractivity contribution in [3.05, 3.63) is 11.8 Å². The molecular weight excluding hydrogens is 241 g/mol. The van der Waals surface area contributed by atoms with Gasteiger partial charge in [0.05, 0.1) is 0 Å². The number of nitrogens with zero attached hydrogens (tertiary/aromatic N) is 1. The number of nitrogens with two attached hydrogens (primary N) is 1. The van der Waals surface area contributed by atoms with Gasteiger partial charge in [0.25, 0.3) is 0 Å². The molecule has 15 heavy (non-hydrogen) atoms. The van der Waals surface area contributed by atoms with Crippen LogP contribution >= 0.6 is 0 Å². The molecule has 1 rings (SSSR count). The zero-order valence-corrected chi connectivity index (χ0v) is 8.13. The molecule has 0 atom stereocenters. The van der Waals surface area contributed by atoms with Crippen LogP contribution in [0.1, 0.15) is 5.76 Å². The van der Waals surface area contributed by atoms with Crippen LogP contribution < -0.4 is 5.73 Å². The first-order chi connectivity index (χ1) is 6.54. The average molecular weight is 248 g/mol. The molecule has 0 aliphatic rings. The van der Waals surface area contributed by atoms with Crippen molar-refractivity contribution >= 4 is 15.9 Å². The van der Waals surface area contributed by atoms with E-state index in [1.165, 1.54) is 0 Å². The molecule has 0 bridgehead atoms. The van der Waals surface area contributed by atoms with Crippen LogP contribution in [0.3, 0.4) is 0 Å². The van der Waals surface area contributed by atoms with Crippen molar-refractivity contribution in [3.63, 3.8) is 0 Å². The third-order valence-electron chi connectivity index (χ3n) is 0.939. The normalized spacial score (nSPS) is 11.8. The second-order valence-electron chi connectivity index (χ2n) is 2.28. The Morgan fingerprint density at radius 3 is 2.00 bits per heavy atom. The van der Waals surface area contributed by atoms with E-state index in [-0.39, 0.29) is 0 Å². The zero-order valence-electron chi connectivity index (χ0n) is 7.32. The van der Waals surface area contributed by atoms with Gasteiger partial charge in [-0.15, -0.1) is 0 Å². The molecule has 0 spiro atoms. The summed E-state index contributed by atoms with van der Waals surface area (Å²) in [5.74, 6) is 1.19. The molecule has 0 unspecified atom stereocenters. The zero-order chi connectivity index (χ0) is 12.3. The summed E-state index contributed by atoms with van der Waals surface area (Å²) in [7, 11) is -5.84. The molecule has 0 amide bonds. The number of alkyl halides is 3. The first-order valence-electron chi connectivity index (χ1n) is 3.26. The number of hydrogen-bond acceptors (Lipinski definition) is 5. The van der Waals surface area contributed by atoms with E-state index in [4.69, 9.17) is 18.7 Å². The van der Waals surface area contributed by atoms with Gasteiger partial charge in [0.1, 0.15) is 5.76 Å². The van der Waals surface area contributed by atoms with Crippen molar-refractivity contribution in [1.29, 1.82) is 0 Å². The fraction of sp³-hybridized carbons (Fsp3) is 0.400. The van der Waals surface area contributed by atoms with Crippen molar-refractivity contribution in [1.82, 2.24) is 5.16 Å². The number of rotatable bonds is 0. The van der Waals surface area contributed by atoms with Crippen LogP contribution in [-0.2, 0) is 10.1 Å². The number of anilines is 1. The minimum Gasteiger partial charge on any atom is -0.381 e. The van der Waals surface area contributed by atoms with Gasteiger partial charge in [0.15, 0.2) is 5.82 Å². The van der Waals surface area contributed by atoms with E-state index < -0.39 is 15.6 Å². The van der Waals surface area contributed by atoms with Crippen LogP contribution in [0.2, 0.25) is 0 Å². The van der Waals surface area contributed by atoms with Gasteiger partial charge in [-0.2, -0.15) is 21.6 Å². The van der Waals surface area contributed by atoms with Gasteiger partial charge >= 0.3 is 15.6 Å². The highest BCUT2D eigenvalue weighted by Gasteiger charge is 2.44. The molecule has 1 aromatic heterocycles. The Labute approximate surface area is 82.6 Å². The van der Waals surface area contributed by atoms with Crippen LogP contribution in [0.4, 0.5) is 19.0 Å². The molecular formula is C5H7F3N2O4S. The van der Waals surface area contributed by atoms with Crippen LogP contribution in [0.5, 0.6) is 0 Å². The minimum absolute atomic E-state index is 0.442. The molecule has 88 valence electrons. The molecule has 0 aliphatic carbocycles. The number of aromatic nitrogens is 1. The van der Waals surface area contributed by atoms with Gasteiger partial charge < -0.3 is 10.3 Å². The van der Waals surface area contributed by atoms with Crippen molar-refractivity contribution in [3.8, 4) is 0 Å². The maximum Gasteiger partial charge on any atom is 0.522 e. The van der Waals surface area contributed by atoms with Crippen molar-refractivity contribution in [2.45, 2.75) is 12.4 Å². The highest BCUT2D eigenvalue weighted by Crippen LogP contribution is 2.20. The second-order valence-corrected chi connectivity index (χ2v) is 3.70. The third-order valence-corrected chi connectivity index (χ3v) is 1.52. The van der Waals surface area contributed by atoms with E-state index in [1.807, 2.05) is 0 Å². The number of halogens is 3. The Morgan fingerprint density at radius 1 is 1.53 bits per heavy atom. The summed E-state index contributed by atoms with van der Waals surface area (Å²) in [6.45, 7) is 1.80. The number of aryl methyl sites for hydroxylation is 1. The first-order valence-corrected chi connectivity index (χ1v) is 4.70. The molecule has 6 nitrogen and oxygen atoms in total. The molecule has 0 aliphatic heterocycles. The Bertz CT molecular complexity index is 394. The number of hydrogen-bond donors (Lipinski definition) is 2. The highest BCUT2D eigenvalue weighted by molar-refractivity contribution is 7.86. The maximum absolute atomic E-state index is 10.7. The van der Waals surface area contributed by atoms with Gasteiger partial charge in [0, 0.05) is 6.07 Å². The summed E-state index contributed by atoms with van der Waals surface area (Å²) in [4.78, 5) is 0. The summed E-state index contributed by atoms with van der Waals surface area (Å²) in [6, 6.07) is 1.67. The fourth-order valence-electron chi connectivity index (χ4n) is 0.386. The summed E-state index contributed by atoms with van der Waals surface area (Å²) >= 11 is 0. The summed E-state index contributed by atoms with van der Waals surface area (Å²) < 4.78 is 62.1. The molecule has 0 saturated heterocycles. The topological polar surface area (TPSA) is 106 Å². The van der Waals surface area contributed by atoms with Crippen molar-refractivity contribution < 1.29 is 30.7 Å². The molecule has 0 fully saturated rings. The Hall–Kier alpha value is -1.29. The summed E-state index contributed by atoms with van der Waals surface area (Å²) in [5.41, 5.74) is -0.361.